The summed E-state index contributed by atoms with van der Waals surface area (Å²) in [6.45, 7) is 0. The fourth-order valence-electron chi connectivity index (χ4n) is 10.1. The van der Waals surface area contributed by atoms with E-state index in [2.05, 4.69) is 158 Å². The number of rotatable bonds is 5. The van der Waals surface area contributed by atoms with Crippen LogP contribution in [0.4, 0.5) is 0 Å². The largest absolute Gasteiger partial charge is 0.247 e. The monoisotopic (exact) mass is 832 g/mol. The molecule has 9 aromatic carbocycles. The molecular weight excluding hydrogens is 797 g/mol. The second kappa shape index (κ2) is 14.6. The zero-order valence-electron chi connectivity index (χ0n) is 34.5. The molecule has 1 aliphatic carbocycles. The third kappa shape index (κ3) is 5.57. The van der Waals surface area contributed by atoms with Crippen LogP contribution in [0.3, 0.4) is 0 Å². The quantitative estimate of drug-likeness (QED) is 0.162. The predicted molar refractivity (Wildman–Crippen MR) is 261 cm³/mol. The maximum Gasteiger partial charge on any atom is 0.164 e. The number of benzene rings is 9. The highest BCUT2D eigenvalue weighted by Crippen LogP contribution is 2.63. The Morgan fingerprint density at radius 3 is 1.41 bits per heavy atom. The number of fused-ring (bicyclic) bond motifs is 13. The van der Waals surface area contributed by atoms with Gasteiger partial charge < -0.3 is 0 Å². The van der Waals surface area contributed by atoms with Crippen LogP contribution in [0.1, 0.15) is 22.3 Å². The molecule has 13 rings (SSSR count). The highest BCUT2D eigenvalue weighted by atomic mass is 32.2. The van der Waals surface area contributed by atoms with Crippen molar-refractivity contribution in [3.8, 4) is 67.7 Å². The van der Waals surface area contributed by atoms with E-state index < -0.39 is 5.41 Å². The molecule has 0 bridgehead atoms. The summed E-state index contributed by atoms with van der Waals surface area (Å²) in [6, 6.07) is 78.0. The van der Waals surface area contributed by atoms with E-state index in [1.54, 1.807) is 0 Å². The van der Waals surface area contributed by atoms with Gasteiger partial charge in [0.05, 0.1) is 16.6 Å². The van der Waals surface area contributed by atoms with Crippen LogP contribution in [0.2, 0.25) is 0 Å². The van der Waals surface area contributed by atoms with Crippen molar-refractivity contribution >= 4 is 33.4 Å². The summed E-state index contributed by atoms with van der Waals surface area (Å²) in [7, 11) is 0. The second-order valence-corrected chi connectivity index (χ2v) is 17.5. The molecule has 4 nitrogen and oxygen atoms in total. The Labute approximate surface area is 375 Å². The first-order valence-corrected chi connectivity index (χ1v) is 22.4. The topological polar surface area (TPSA) is 51.6 Å². The number of pyridine rings is 1. The highest BCUT2D eigenvalue weighted by molar-refractivity contribution is 7.99. The maximum absolute atomic E-state index is 5.63. The van der Waals surface area contributed by atoms with Crippen LogP contribution in [0.5, 0.6) is 0 Å². The summed E-state index contributed by atoms with van der Waals surface area (Å²) in [5, 5.41) is 3.52. The third-order valence-electron chi connectivity index (χ3n) is 13.0. The van der Waals surface area contributed by atoms with Crippen LogP contribution in [0.15, 0.2) is 228 Å². The first-order valence-electron chi connectivity index (χ1n) is 21.6. The van der Waals surface area contributed by atoms with Gasteiger partial charge in [-0.25, -0.2) is 19.9 Å². The minimum Gasteiger partial charge on any atom is -0.247 e. The summed E-state index contributed by atoms with van der Waals surface area (Å²) < 4.78 is 0. The van der Waals surface area contributed by atoms with Gasteiger partial charge in [-0.15, -0.1) is 0 Å². The lowest BCUT2D eigenvalue weighted by Crippen LogP contribution is -2.32. The molecule has 0 unspecified atom stereocenters. The minimum atomic E-state index is -0.467. The van der Waals surface area contributed by atoms with Crippen molar-refractivity contribution in [3.05, 3.63) is 241 Å². The van der Waals surface area contributed by atoms with E-state index in [9.17, 15) is 0 Å². The van der Waals surface area contributed by atoms with Gasteiger partial charge in [0, 0.05) is 42.8 Å². The average Bonchev–Trinajstić information content (AvgIpc) is 3.67. The summed E-state index contributed by atoms with van der Waals surface area (Å²) >= 11 is 1.88. The molecule has 1 aliphatic heterocycles. The summed E-state index contributed by atoms with van der Waals surface area (Å²) in [4.78, 5) is 23.0. The Hall–Kier alpha value is -7.99. The molecule has 2 aromatic heterocycles. The van der Waals surface area contributed by atoms with Gasteiger partial charge in [0.1, 0.15) is 0 Å². The zero-order valence-corrected chi connectivity index (χ0v) is 35.3. The van der Waals surface area contributed by atoms with E-state index in [-0.39, 0.29) is 0 Å². The summed E-state index contributed by atoms with van der Waals surface area (Å²) in [6.07, 6.45) is 0. The van der Waals surface area contributed by atoms with Gasteiger partial charge in [-0.2, -0.15) is 0 Å². The Morgan fingerprint density at radius 2 is 0.797 bits per heavy atom. The normalized spacial score (nSPS) is 13.1. The molecule has 298 valence electrons. The number of hydrogen-bond donors (Lipinski definition) is 0. The lowest BCUT2D eigenvalue weighted by Gasteiger charge is -2.40. The van der Waals surface area contributed by atoms with Gasteiger partial charge >= 0.3 is 0 Å². The lowest BCUT2D eigenvalue weighted by atomic mass is 9.67. The van der Waals surface area contributed by atoms with Crippen LogP contribution < -0.4 is 0 Å². The van der Waals surface area contributed by atoms with Gasteiger partial charge in [-0.1, -0.05) is 218 Å². The standard InChI is InChI=1S/C59H36N4S/c1-4-16-38(17-5-1)54-53-46(34-35-50-55(53)64-52-27-15-14-26-49(52)59(50)47-24-12-10-22-43(47)44-23-11-13-25-48(44)59)45-33-32-42(36-51(45)60-54)37-28-30-41(31-29-37)58-62-56(39-18-6-2-7-19-39)61-57(63-58)40-20-8-3-9-21-40/h1-36H. The van der Waals surface area contributed by atoms with E-state index in [1.165, 1.54) is 53.9 Å². The highest BCUT2D eigenvalue weighted by Gasteiger charge is 2.50. The van der Waals surface area contributed by atoms with Gasteiger partial charge in [-0.05, 0) is 62.0 Å². The molecule has 0 saturated heterocycles. The van der Waals surface area contributed by atoms with Crippen LogP contribution >= 0.6 is 11.8 Å². The fraction of sp³-hybridized carbons (Fsp3) is 0.0169. The third-order valence-corrected chi connectivity index (χ3v) is 14.2. The molecule has 0 saturated carbocycles. The average molecular weight is 833 g/mol. The van der Waals surface area contributed by atoms with E-state index in [4.69, 9.17) is 19.9 Å². The SMILES string of the molecule is c1ccc(-c2nc(-c3ccccc3)nc(-c3ccc(-c4ccc5c(c4)nc(-c4ccccc4)c4c6c(ccc45)C4(c5ccccc5S6)c5ccccc5-c5ccccc54)cc3)n2)cc1. The van der Waals surface area contributed by atoms with Gasteiger partial charge in [-0.3, -0.25) is 0 Å². The van der Waals surface area contributed by atoms with Gasteiger partial charge in [0.25, 0.3) is 0 Å². The van der Waals surface area contributed by atoms with Crippen molar-refractivity contribution in [2.24, 2.45) is 0 Å². The molecule has 11 aromatic rings. The Morgan fingerprint density at radius 1 is 0.328 bits per heavy atom. The Kier molecular flexibility index (Phi) is 8.33. The molecule has 5 heteroatoms. The first-order chi connectivity index (χ1) is 31.7. The molecule has 0 radical (unpaired) electrons. The van der Waals surface area contributed by atoms with Crippen LogP contribution in [0.25, 0.3) is 89.4 Å². The number of aromatic nitrogens is 4. The number of hydrogen-bond acceptors (Lipinski definition) is 5. The van der Waals surface area contributed by atoms with Crippen LogP contribution in [-0.4, -0.2) is 19.9 Å². The maximum atomic E-state index is 5.63. The van der Waals surface area contributed by atoms with E-state index >= 15 is 0 Å². The molecule has 1 spiro atoms. The van der Waals surface area contributed by atoms with Crippen molar-refractivity contribution in [2.45, 2.75) is 15.2 Å². The van der Waals surface area contributed by atoms with Crippen molar-refractivity contribution in [3.63, 3.8) is 0 Å². The Balaban J connectivity index is 0.974. The van der Waals surface area contributed by atoms with E-state index in [0.29, 0.717) is 17.5 Å². The minimum absolute atomic E-state index is 0.467. The van der Waals surface area contributed by atoms with Crippen molar-refractivity contribution in [1.82, 2.24) is 19.9 Å². The van der Waals surface area contributed by atoms with Crippen molar-refractivity contribution in [1.29, 1.82) is 0 Å². The van der Waals surface area contributed by atoms with Crippen molar-refractivity contribution in [2.75, 3.05) is 0 Å². The van der Waals surface area contributed by atoms with Crippen LogP contribution in [-0.2, 0) is 5.41 Å². The second-order valence-electron chi connectivity index (χ2n) is 16.5. The first kappa shape index (κ1) is 36.6. The molecule has 3 heterocycles. The van der Waals surface area contributed by atoms with E-state index in [0.717, 1.165) is 50.0 Å². The lowest BCUT2D eigenvalue weighted by molar-refractivity contribution is 0.726. The zero-order chi connectivity index (χ0) is 42.2. The molecule has 2 aliphatic rings. The van der Waals surface area contributed by atoms with E-state index in [1.807, 2.05) is 72.4 Å². The predicted octanol–water partition coefficient (Wildman–Crippen LogP) is 14.7. The molecule has 0 atom stereocenters. The van der Waals surface area contributed by atoms with Gasteiger partial charge in [0.2, 0.25) is 0 Å². The fourth-order valence-corrected chi connectivity index (χ4v) is 11.5. The molecular formula is C59H36N4S. The summed E-state index contributed by atoms with van der Waals surface area (Å²) in [5.41, 5.74) is 15.5. The van der Waals surface area contributed by atoms with Crippen molar-refractivity contribution < 1.29 is 0 Å². The molecule has 0 fully saturated rings. The van der Waals surface area contributed by atoms with Gasteiger partial charge in [0.15, 0.2) is 17.5 Å². The molecule has 64 heavy (non-hydrogen) atoms. The summed E-state index contributed by atoms with van der Waals surface area (Å²) in [5.74, 6) is 1.92. The van der Waals surface area contributed by atoms with Crippen LogP contribution in [0, 0.1) is 0 Å². The molecule has 0 amide bonds. The smallest absolute Gasteiger partial charge is 0.164 e. The Bertz CT molecular complexity index is 3520. The molecule has 0 N–H and O–H groups in total. The number of nitrogens with zero attached hydrogens (tertiary/aromatic N) is 4.